The Morgan fingerprint density at radius 1 is 0.962 bits per heavy atom. The van der Waals surface area contributed by atoms with Crippen molar-refractivity contribution < 1.29 is 26.4 Å². The van der Waals surface area contributed by atoms with Gasteiger partial charge >= 0.3 is 0 Å². The van der Waals surface area contributed by atoms with Crippen LogP contribution >= 0.6 is 10.9 Å². The maximum atomic E-state index is 12.3. The number of rotatable bonds is 9. The lowest BCUT2D eigenvalue weighted by Gasteiger charge is -2.28. The van der Waals surface area contributed by atoms with Gasteiger partial charge in [0.15, 0.2) is 11.1 Å². The minimum atomic E-state index is -3.43. The van der Waals surface area contributed by atoms with Gasteiger partial charge in [0.1, 0.15) is 17.0 Å². The molecule has 144 valence electrons. The van der Waals surface area contributed by atoms with E-state index in [1.807, 2.05) is 26.0 Å². The highest BCUT2D eigenvalue weighted by Gasteiger charge is 2.25. The van der Waals surface area contributed by atoms with Crippen molar-refractivity contribution >= 4 is 22.0 Å². The topological polar surface area (TPSA) is 85.2 Å². The first-order valence-corrected chi connectivity index (χ1v) is 10.5. The standard InChI is InChI=1S/C18H24O6S2/c1-14-4-8-17(9-5-14)25(19)24-16(12-22-3)13-23-26(20,21)18-10-6-15(2)7-11-18/h4-11,16,20-21H,12-13H2,1-3H3/t16-,25?/m1/s1. The molecule has 0 saturated heterocycles. The smallest absolute Gasteiger partial charge is 0.189 e. The molecule has 2 rings (SSSR count). The summed E-state index contributed by atoms with van der Waals surface area (Å²) in [5.41, 5.74) is 2.05. The number of aryl methyl sites for hydroxylation is 2. The Morgan fingerprint density at radius 2 is 1.50 bits per heavy atom. The summed E-state index contributed by atoms with van der Waals surface area (Å²) >= 11 is -1.71. The van der Waals surface area contributed by atoms with Gasteiger partial charge in [-0.15, -0.1) is 0 Å². The lowest BCUT2D eigenvalue weighted by Crippen LogP contribution is -2.27. The highest BCUT2D eigenvalue weighted by Crippen LogP contribution is 2.49. The molecule has 6 nitrogen and oxygen atoms in total. The Kier molecular flexibility index (Phi) is 7.78. The number of hydrogen-bond donors (Lipinski definition) is 2. The van der Waals surface area contributed by atoms with Gasteiger partial charge in [0, 0.05) is 7.11 Å². The minimum Gasteiger partial charge on any atom is -0.382 e. The minimum absolute atomic E-state index is 0.0982. The van der Waals surface area contributed by atoms with Crippen molar-refractivity contribution in [2.75, 3.05) is 20.3 Å². The first kappa shape index (κ1) is 21.0. The van der Waals surface area contributed by atoms with Gasteiger partial charge in [0.05, 0.1) is 23.0 Å². The molecular weight excluding hydrogens is 376 g/mol. The summed E-state index contributed by atoms with van der Waals surface area (Å²) in [5, 5.41) is 0. The van der Waals surface area contributed by atoms with E-state index in [4.69, 9.17) is 13.1 Å². The second-order valence-corrected chi connectivity index (χ2v) is 8.65. The van der Waals surface area contributed by atoms with Crippen molar-refractivity contribution in [1.29, 1.82) is 0 Å². The monoisotopic (exact) mass is 400 g/mol. The van der Waals surface area contributed by atoms with E-state index in [2.05, 4.69) is 0 Å². The highest BCUT2D eigenvalue weighted by molar-refractivity contribution is 8.20. The summed E-state index contributed by atoms with van der Waals surface area (Å²) in [6, 6.07) is 13.8. The van der Waals surface area contributed by atoms with Gasteiger partial charge in [-0.25, -0.2) is 4.21 Å². The molecule has 0 amide bonds. The molecule has 0 heterocycles. The molecule has 0 saturated carbocycles. The molecule has 1 unspecified atom stereocenters. The SMILES string of the molecule is COC[C@H](COS(O)(O)c1ccc(C)cc1)OS(=O)c1ccc(C)cc1. The normalized spacial score (nSPS) is 14.8. The Balaban J connectivity index is 1.99. The zero-order chi connectivity index (χ0) is 19.2. The van der Waals surface area contributed by atoms with Crippen LogP contribution in [0, 0.1) is 13.8 Å². The van der Waals surface area contributed by atoms with E-state index in [9.17, 15) is 13.3 Å². The van der Waals surface area contributed by atoms with Crippen LogP contribution in [0.5, 0.6) is 0 Å². The van der Waals surface area contributed by atoms with E-state index in [1.165, 1.54) is 7.11 Å². The molecule has 2 aromatic rings. The summed E-state index contributed by atoms with van der Waals surface area (Å²) in [6.45, 7) is 3.76. The lowest BCUT2D eigenvalue weighted by molar-refractivity contribution is 0.0544. The maximum Gasteiger partial charge on any atom is 0.189 e. The first-order valence-electron chi connectivity index (χ1n) is 7.95. The van der Waals surface area contributed by atoms with E-state index in [-0.39, 0.29) is 18.1 Å². The van der Waals surface area contributed by atoms with E-state index in [0.717, 1.165) is 11.1 Å². The Labute approximate surface area is 158 Å². The molecule has 0 aliphatic carbocycles. The Morgan fingerprint density at radius 3 is 2.04 bits per heavy atom. The van der Waals surface area contributed by atoms with Gasteiger partial charge in [-0.1, -0.05) is 35.4 Å². The van der Waals surface area contributed by atoms with E-state index >= 15 is 0 Å². The molecule has 0 aliphatic heterocycles. The summed E-state index contributed by atoms with van der Waals surface area (Å²) < 4.78 is 48.6. The predicted octanol–water partition coefficient (Wildman–Crippen LogP) is 4.10. The third kappa shape index (κ3) is 6.17. The second kappa shape index (κ2) is 9.61. The van der Waals surface area contributed by atoms with Gasteiger partial charge in [-0.3, -0.25) is 8.37 Å². The average Bonchev–Trinajstić information content (AvgIpc) is 2.61. The molecular formula is C18H24O6S2. The van der Waals surface area contributed by atoms with Crippen molar-refractivity contribution in [3.63, 3.8) is 0 Å². The molecule has 0 aliphatic rings. The molecule has 0 fully saturated rings. The molecule has 2 aromatic carbocycles. The third-order valence-electron chi connectivity index (χ3n) is 3.54. The molecule has 0 bridgehead atoms. The molecule has 8 heteroatoms. The quantitative estimate of drug-likeness (QED) is 0.659. The highest BCUT2D eigenvalue weighted by atomic mass is 32.3. The van der Waals surface area contributed by atoms with E-state index in [1.54, 1.807) is 36.4 Å². The van der Waals surface area contributed by atoms with Crippen LogP contribution < -0.4 is 0 Å². The van der Waals surface area contributed by atoms with Crippen molar-refractivity contribution in [3.8, 4) is 0 Å². The van der Waals surface area contributed by atoms with Crippen LogP contribution in [0.2, 0.25) is 0 Å². The Hall–Kier alpha value is -1.26. The number of ether oxygens (including phenoxy) is 1. The number of benzene rings is 2. The van der Waals surface area contributed by atoms with Crippen LogP contribution in [0.4, 0.5) is 0 Å². The van der Waals surface area contributed by atoms with Gasteiger partial charge in [0.2, 0.25) is 0 Å². The fraction of sp³-hybridized carbons (Fsp3) is 0.333. The molecule has 2 N–H and O–H groups in total. The van der Waals surface area contributed by atoms with Crippen molar-refractivity contribution in [1.82, 2.24) is 0 Å². The van der Waals surface area contributed by atoms with Crippen LogP contribution in [0.1, 0.15) is 11.1 Å². The van der Waals surface area contributed by atoms with Gasteiger partial charge in [0.25, 0.3) is 0 Å². The largest absolute Gasteiger partial charge is 0.382 e. The molecule has 0 aromatic heterocycles. The molecule has 0 spiro atoms. The molecule has 0 radical (unpaired) electrons. The summed E-state index contributed by atoms with van der Waals surface area (Å²) in [4.78, 5) is 0.792. The van der Waals surface area contributed by atoms with Crippen LogP contribution in [0.25, 0.3) is 0 Å². The van der Waals surface area contributed by atoms with Crippen LogP contribution in [0.15, 0.2) is 58.3 Å². The predicted molar refractivity (Wildman–Crippen MR) is 103 cm³/mol. The van der Waals surface area contributed by atoms with Gasteiger partial charge < -0.3 is 13.8 Å². The Bertz CT molecular complexity index is 715. The third-order valence-corrected chi connectivity index (χ3v) is 5.99. The molecule has 26 heavy (non-hydrogen) atoms. The first-order chi connectivity index (χ1) is 12.3. The number of hydrogen-bond acceptors (Lipinski definition) is 6. The molecule has 2 atom stereocenters. The zero-order valence-electron chi connectivity index (χ0n) is 15.0. The van der Waals surface area contributed by atoms with Gasteiger partial charge in [-0.2, -0.15) is 0 Å². The fourth-order valence-electron chi connectivity index (χ4n) is 2.07. The second-order valence-electron chi connectivity index (χ2n) is 5.82. The van der Waals surface area contributed by atoms with Gasteiger partial charge in [-0.05, 0) is 38.1 Å². The van der Waals surface area contributed by atoms with E-state index < -0.39 is 28.1 Å². The van der Waals surface area contributed by atoms with Crippen LogP contribution in [-0.4, -0.2) is 39.7 Å². The summed E-state index contributed by atoms with van der Waals surface area (Å²) in [6.07, 6.45) is -0.723. The van der Waals surface area contributed by atoms with Crippen LogP contribution in [0.3, 0.4) is 0 Å². The van der Waals surface area contributed by atoms with Crippen molar-refractivity contribution in [3.05, 3.63) is 59.7 Å². The fourth-order valence-corrected chi connectivity index (χ4v) is 3.87. The maximum absolute atomic E-state index is 12.3. The van der Waals surface area contributed by atoms with Crippen molar-refractivity contribution in [2.24, 2.45) is 0 Å². The van der Waals surface area contributed by atoms with E-state index in [0.29, 0.717) is 4.90 Å². The number of methoxy groups -OCH3 is 1. The van der Waals surface area contributed by atoms with Crippen LogP contribution in [-0.2, 0) is 24.2 Å². The lowest BCUT2D eigenvalue weighted by atomic mass is 10.2. The summed E-state index contributed by atoms with van der Waals surface area (Å²) in [7, 11) is -1.96. The zero-order valence-corrected chi connectivity index (χ0v) is 16.6. The van der Waals surface area contributed by atoms with Crippen molar-refractivity contribution in [2.45, 2.75) is 29.7 Å². The average molecular weight is 401 g/mol. The summed E-state index contributed by atoms with van der Waals surface area (Å²) in [5.74, 6) is 0.